The van der Waals surface area contributed by atoms with Crippen molar-refractivity contribution in [1.29, 1.82) is 0 Å². The number of hydrogen-bond donors (Lipinski definition) is 2. The first-order valence-electron chi connectivity index (χ1n) is 6.30. The zero-order valence-corrected chi connectivity index (χ0v) is 12.1. The van der Waals surface area contributed by atoms with E-state index in [1.807, 2.05) is 12.3 Å². The van der Waals surface area contributed by atoms with Gasteiger partial charge in [0.15, 0.2) is 0 Å². The summed E-state index contributed by atoms with van der Waals surface area (Å²) in [6, 6.07) is 1.46. The standard InChI is InChI=1S/C12H14F3N5S/c1-2-3-16-9-4-10(17-5-8-6-21-7-18-8)20-11(19-9)12(13,14)15/h4,6-7H,2-3,5H2,1H3,(H2,16,17,19,20). The van der Waals surface area contributed by atoms with E-state index in [1.165, 1.54) is 17.4 Å². The van der Waals surface area contributed by atoms with Crippen LogP contribution in [0.15, 0.2) is 17.0 Å². The van der Waals surface area contributed by atoms with E-state index < -0.39 is 12.0 Å². The van der Waals surface area contributed by atoms with Crippen LogP contribution in [-0.4, -0.2) is 21.5 Å². The van der Waals surface area contributed by atoms with E-state index in [1.54, 1.807) is 5.51 Å². The molecule has 114 valence electrons. The molecule has 0 spiro atoms. The summed E-state index contributed by atoms with van der Waals surface area (Å²) in [6.07, 6.45) is -3.80. The van der Waals surface area contributed by atoms with Gasteiger partial charge in [-0.25, -0.2) is 15.0 Å². The highest BCUT2D eigenvalue weighted by Gasteiger charge is 2.35. The Bertz CT molecular complexity index is 571. The second-order valence-electron chi connectivity index (χ2n) is 4.22. The van der Waals surface area contributed by atoms with Crippen LogP contribution in [0.2, 0.25) is 0 Å². The van der Waals surface area contributed by atoms with Gasteiger partial charge in [0.1, 0.15) is 11.6 Å². The van der Waals surface area contributed by atoms with Gasteiger partial charge in [0.05, 0.1) is 17.7 Å². The molecule has 2 aromatic rings. The second-order valence-corrected chi connectivity index (χ2v) is 4.94. The molecule has 0 saturated carbocycles. The fraction of sp³-hybridized carbons (Fsp3) is 0.417. The molecule has 0 fully saturated rings. The van der Waals surface area contributed by atoms with E-state index in [0.29, 0.717) is 13.1 Å². The van der Waals surface area contributed by atoms with E-state index in [-0.39, 0.29) is 11.6 Å². The summed E-state index contributed by atoms with van der Waals surface area (Å²) < 4.78 is 38.4. The second kappa shape index (κ2) is 6.70. The lowest BCUT2D eigenvalue weighted by Gasteiger charge is -2.12. The third-order valence-corrected chi connectivity index (χ3v) is 3.11. The molecule has 0 aliphatic carbocycles. The number of nitrogens with zero attached hydrogens (tertiary/aromatic N) is 3. The SMILES string of the molecule is CCCNc1cc(NCc2cscn2)nc(C(F)(F)F)n1. The van der Waals surface area contributed by atoms with Crippen molar-refractivity contribution in [1.82, 2.24) is 15.0 Å². The minimum absolute atomic E-state index is 0.115. The zero-order valence-electron chi connectivity index (χ0n) is 11.2. The molecule has 2 heterocycles. The van der Waals surface area contributed by atoms with Crippen LogP contribution in [0.25, 0.3) is 0 Å². The Morgan fingerprint density at radius 3 is 2.48 bits per heavy atom. The molecule has 0 radical (unpaired) electrons. The van der Waals surface area contributed by atoms with Crippen molar-refractivity contribution in [2.24, 2.45) is 0 Å². The number of thiazole rings is 1. The number of anilines is 2. The lowest BCUT2D eigenvalue weighted by Crippen LogP contribution is -2.15. The number of alkyl halides is 3. The van der Waals surface area contributed by atoms with Gasteiger partial charge in [-0.2, -0.15) is 13.2 Å². The molecular formula is C12H14F3N5S. The van der Waals surface area contributed by atoms with Crippen molar-refractivity contribution >= 4 is 23.0 Å². The van der Waals surface area contributed by atoms with E-state index >= 15 is 0 Å². The molecule has 9 heteroatoms. The third kappa shape index (κ3) is 4.55. The normalized spacial score (nSPS) is 11.4. The first-order chi connectivity index (χ1) is 9.99. The van der Waals surface area contributed by atoms with E-state index in [9.17, 15) is 13.2 Å². The van der Waals surface area contributed by atoms with Crippen LogP contribution in [0.3, 0.4) is 0 Å². The fourth-order valence-electron chi connectivity index (χ4n) is 1.51. The lowest BCUT2D eigenvalue weighted by atomic mass is 10.4. The Kier molecular flexibility index (Phi) is 4.94. The van der Waals surface area contributed by atoms with Gasteiger partial charge >= 0.3 is 6.18 Å². The molecule has 0 unspecified atom stereocenters. The number of rotatable bonds is 6. The first kappa shape index (κ1) is 15.5. The third-order valence-electron chi connectivity index (χ3n) is 2.47. The maximum absolute atomic E-state index is 12.8. The van der Waals surface area contributed by atoms with E-state index in [2.05, 4.69) is 25.6 Å². The topological polar surface area (TPSA) is 62.7 Å². The Balaban J connectivity index is 2.17. The molecule has 0 aliphatic rings. The van der Waals surface area contributed by atoms with Gasteiger partial charge in [-0.05, 0) is 6.42 Å². The van der Waals surface area contributed by atoms with Gasteiger partial charge in [-0.1, -0.05) is 6.92 Å². The van der Waals surface area contributed by atoms with Crippen molar-refractivity contribution in [2.45, 2.75) is 26.1 Å². The molecule has 2 N–H and O–H groups in total. The molecular weight excluding hydrogens is 303 g/mol. The van der Waals surface area contributed by atoms with Crippen LogP contribution in [0, 0.1) is 0 Å². The van der Waals surface area contributed by atoms with Crippen LogP contribution in [0.1, 0.15) is 24.9 Å². The number of halogens is 3. The van der Waals surface area contributed by atoms with Crippen molar-refractivity contribution in [3.63, 3.8) is 0 Å². The van der Waals surface area contributed by atoms with Gasteiger partial charge in [-0.15, -0.1) is 11.3 Å². The highest BCUT2D eigenvalue weighted by Crippen LogP contribution is 2.28. The number of hydrogen-bond acceptors (Lipinski definition) is 6. The van der Waals surface area contributed by atoms with E-state index in [0.717, 1.165) is 12.1 Å². The molecule has 0 amide bonds. The monoisotopic (exact) mass is 317 g/mol. The van der Waals surface area contributed by atoms with Crippen LogP contribution in [0.4, 0.5) is 24.8 Å². The van der Waals surface area contributed by atoms with Gasteiger partial charge in [-0.3, -0.25) is 0 Å². The van der Waals surface area contributed by atoms with Gasteiger partial charge in [0, 0.05) is 18.0 Å². The van der Waals surface area contributed by atoms with Crippen LogP contribution in [0.5, 0.6) is 0 Å². The van der Waals surface area contributed by atoms with Crippen molar-refractivity contribution in [2.75, 3.05) is 17.2 Å². The number of nitrogens with one attached hydrogen (secondary N) is 2. The van der Waals surface area contributed by atoms with Crippen LogP contribution >= 0.6 is 11.3 Å². The predicted octanol–water partition coefficient (Wildman–Crippen LogP) is 3.39. The Labute approximate surface area is 123 Å². The van der Waals surface area contributed by atoms with Crippen LogP contribution in [-0.2, 0) is 12.7 Å². The maximum atomic E-state index is 12.8. The molecule has 5 nitrogen and oxygen atoms in total. The molecule has 0 saturated heterocycles. The number of aromatic nitrogens is 3. The quantitative estimate of drug-likeness (QED) is 0.855. The molecule has 21 heavy (non-hydrogen) atoms. The average molecular weight is 317 g/mol. The van der Waals surface area contributed by atoms with Gasteiger partial charge in [0.2, 0.25) is 5.82 Å². The summed E-state index contributed by atoms with van der Waals surface area (Å²) in [5.74, 6) is -0.895. The largest absolute Gasteiger partial charge is 0.451 e. The zero-order chi connectivity index (χ0) is 15.3. The molecule has 0 bridgehead atoms. The lowest BCUT2D eigenvalue weighted by molar-refractivity contribution is -0.144. The summed E-state index contributed by atoms with van der Waals surface area (Å²) in [5, 5.41) is 7.48. The maximum Gasteiger partial charge on any atom is 0.451 e. The molecule has 2 aromatic heterocycles. The molecule has 0 aromatic carbocycles. The minimum atomic E-state index is -4.58. The Morgan fingerprint density at radius 1 is 1.19 bits per heavy atom. The Morgan fingerprint density at radius 2 is 1.90 bits per heavy atom. The summed E-state index contributed by atoms with van der Waals surface area (Å²) in [7, 11) is 0. The van der Waals surface area contributed by atoms with Gasteiger partial charge < -0.3 is 10.6 Å². The van der Waals surface area contributed by atoms with Crippen molar-refractivity contribution in [3.8, 4) is 0 Å². The summed E-state index contributed by atoms with van der Waals surface area (Å²) in [5.41, 5.74) is 2.40. The highest BCUT2D eigenvalue weighted by atomic mass is 32.1. The summed E-state index contributed by atoms with van der Waals surface area (Å²) >= 11 is 1.42. The average Bonchev–Trinajstić information content (AvgIpc) is 2.95. The van der Waals surface area contributed by atoms with Crippen molar-refractivity contribution in [3.05, 3.63) is 28.5 Å². The highest BCUT2D eigenvalue weighted by molar-refractivity contribution is 7.07. The summed E-state index contributed by atoms with van der Waals surface area (Å²) in [4.78, 5) is 11.0. The predicted molar refractivity (Wildman–Crippen MR) is 75.3 cm³/mol. The summed E-state index contributed by atoms with van der Waals surface area (Å²) in [6.45, 7) is 2.77. The van der Waals surface area contributed by atoms with E-state index in [4.69, 9.17) is 0 Å². The fourth-order valence-corrected chi connectivity index (χ4v) is 2.07. The van der Waals surface area contributed by atoms with Crippen molar-refractivity contribution < 1.29 is 13.2 Å². The molecule has 2 rings (SSSR count). The molecule has 0 atom stereocenters. The molecule has 0 aliphatic heterocycles. The van der Waals surface area contributed by atoms with Gasteiger partial charge in [0.25, 0.3) is 0 Å². The Hall–Kier alpha value is -1.90. The first-order valence-corrected chi connectivity index (χ1v) is 7.24. The minimum Gasteiger partial charge on any atom is -0.370 e. The van der Waals surface area contributed by atoms with Crippen LogP contribution < -0.4 is 10.6 Å². The smallest absolute Gasteiger partial charge is 0.370 e.